The van der Waals surface area contributed by atoms with Gasteiger partial charge in [-0.25, -0.2) is 4.79 Å². The van der Waals surface area contributed by atoms with Crippen LogP contribution >= 0.6 is 0 Å². The smallest absolute Gasteiger partial charge is 0.341 e. The second-order valence-electron chi connectivity index (χ2n) is 6.41. The molecule has 7 heteroatoms. The van der Waals surface area contributed by atoms with Crippen LogP contribution in [-0.4, -0.2) is 36.0 Å². The molecular formula is C21H24N2O5. The summed E-state index contributed by atoms with van der Waals surface area (Å²) in [6.07, 6.45) is 0.860. The van der Waals surface area contributed by atoms with Crippen molar-refractivity contribution in [1.29, 1.82) is 0 Å². The number of carboxylic acid groups (broad SMARTS) is 1. The second-order valence-corrected chi connectivity index (χ2v) is 6.41. The van der Waals surface area contributed by atoms with E-state index in [-0.39, 0.29) is 11.8 Å². The van der Waals surface area contributed by atoms with Gasteiger partial charge in [-0.2, -0.15) is 0 Å². The van der Waals surface area contributed by atoms with Gasteiger partial charge < -0.3 is 20.5 Å². The first-order valence-corrected chi connectivity index (χ1v) is 8.97. The third-order valence-corrected chi connectivity index (χ3v) is 4.00. The fourth-order valence-corrected chi connectivity index (χ4v) is 2.69. The standard InChI is InChI=1S/C21H24N2O5/c1-4-9-22-20(26)15-5-7-17(8-6-15)23-21(27)16-10-13(2)19(14(3)11-16)28-12-18(24)25/h5-8,10-11H,4,9,12H2,1-3H3,(H,22,26)(H,23,27)(H,24,25). The minimum absolute atomic E-state index is 0.150. The van der Waals surface area contributed by atoms with E-state index in [0.29, 0.717) is 40.2 Å². The van der Waals surface area contributed by atoms with Crippen LogP contribution in [0.5, 0.6) is 5.75 Å². The number of carboxylic acids is 1. The predicted molar refractivity (Wildman–Crippen MR) is 106 cm³/mol. The first-order chi connectivity index (χ1) is 13.3. The number of carbonyl (C=O) groups is 3. The number of aliphatic carboxylic acids is 1. The number of nitrogens with one attached hydrogen (secondary N) is 2. The third-order valence-electron chi connectivity index (χ3n) is 4.00. The SMILES string of the molecule is CCCNC(=O)c1ccc(NC(=O)c2cc(C)c(OCC(=O)O)c(C)c2)cc1. The number of ether oxygens (including phenoxy) is 1. The van der Waals surface area contributed by atoms with Crippen molar-refractivity contribution in [2.24, 2.45) is 0 Å². The number of hydrogen-bond acceptors (Lipinski definition) is 4. The Kier molecular flexibility index (Phi) is 7.14. The lowest BCUT2D eigenvalue weighted by molar-refractivity contribution is -0.139. The van der Waals surface area contributed by atoms with E-state index >= 15 is 0 Å². The maximum atomic E-state index is 12.5. The Hall–Kier alpha value is -3.35. The van der Waals surface area contributed by atoms with Crippen LogP contribution in [0.15, 0.2) is 36.4 Å². The normalized spacial score (nSPS) is 10.2. The summed E-state index contributed by atoms with van der Waals surface area (Å²) in [5.41, 5.74) is 2.88. The summed E-state index contributed by atoms with van der Waals surface area (Å²) >= 11 is 0. The van der Waals surface area contributed by atoms with Crippen molar-refractivity contribution in [3.05, 3.63) is 58.7 Å². The molecule has 2 aromatic rings. The van der Waals surface area contributed by atoms with Crippen LogP contribution in [0.25, 0.3) is 0 Å². The van der Waals surface area contributed by atoms with Crippen LogP contribution in [0.3, 0.4) is 0 Å². The van der Waals surface area contributed by atoms with E-state index in [0.717, 1.165) is 6.42 Å². The summed E-state index contributed by atoms with van der Waals surface area (Å²) in [4.78, 5) is 35.1. The zero-order valence-corrected chi connectivity index (χ0v) is 16.2. The van der Waals surface area contributed by atoms with Gasteiger partial charge in [-0.15, -0.1) is 0 Å². The van der Waals surface area contributed by atoms with E-state index in [9.17, 15) is 14.4 Å². The van der Waals surface area contributed by atoms with Gasteiger partial charge in [0.25, 0.3) is 11.8 Å². The first-order valence-electron chi connectivity index (χ1n) is 8.97. The van der Waals surface area contributed by atoms with Crippen molar-refractivity contribution in [1.82, 2.24) is 5.32 Å². The highest BCUT2D eigenvalue weighted by Crippen LogP contribution is 2.25. The van der Waals surface area contributed by atoms with Crippen molar-refractivity contribution >= 4 is 23.5 Å². The molecule has 0 radical (unpaired) electrons. The zero-order valence-electron chi connectivity index (χ0n) is 16.2. The molecule has 148 valence electrons. The average molecular weight is 384 g/mol. The molecule has 0 saturated carbocycles. The van der Waals surface area contributed by atoms with Crippen LogP contribution in [-0.2, 0) is 4.79 Å². The lowest BCUT2D eigenvalue weighted by Gasteiger charge is -2.13. The summed E-state index contributed by atoms with van der Waals surface area (Å²) in [6.45, 7) is 5.66. The van der Waals surface area contributed by atoms with Gasteiger partial charge in [0, 0.05) is 23.4 Å². The minimum atomic E-state index is -1.06. The van der Waals surface area contributed by atoms with Gasteiger partial charge in [-0.05, 0) is 67.8 Å². The van der Waals surface area contributed by atoms with Crippen LogP contribution in [0.4, 0.5) is 5.69 Å². The van der Waals surface area contributed by atoms with E-state index in [1.165, 1.54) is 0 Å². The van der Waals surface area contributed by atoms with Gasteiger partial charge in [-0.1, -0.05) is 6.92 Å². The number of aryl methyl sites for hydroxylation is 2. The molecule has 0 atom stereocenters. The molecule has 0 aliphatic heterocycles. The molecule has 0 bridgehead atoms. The summed E-state index contributed by atoms with van der Waals surface area (Å²) in [6, 6.07) is 9.93. The Labute approximate surface area is 163 Å². The highest BCUT2D eigenvalue weighted by Gasteiger charge is 2.13. The lowest BCUT2D eigenvalue weighted by Crippen LogP contribution is -2.23. The molecule has 0 aliphatic rings. The van der Waals surface area contributed by atoms with Crippen molar-refractivity contribution < 1.29 is 24.2 Å². The maximum absolute atomic E-state index is 12.5. The average Bonchev–Trinajstić information content (AvgIpc) is 2.65. The molecule has 2 amide bonds. The van der Waals surface area contributed by atoms with Gasteiger partial charge in [-0.3, -0.25) is 9.59 Å². The van der Waals surface area contributed by atoms with E-state index in [1.54, 1.807) is 50.2 Å². The highest BCUT2D eigenvalue weighted by molar-refractivity contribution is 6.05. The van der Waals surface area contributed by atoms with Crippen LogP contribution in [0.2, 0.25) is 0 Å². The quantitative estimate of drug-likeness (QED) is 0.648. The number of hydrogen-bond donors (Lipinski definition) is 3. The molecule has 0 saturated heterocycles. The number of anilines is 1. The van der Waals surface area contributed by atoms with Crippen LogP contribution in [0, 0.1) is 13.8 Å². The second kappa shape index (κ2) is 9.55. The van der Waals surface area contributed by atoms with E-state index in [2.05, 4.69) is 10.6 Å². The summed E-state index contributed by atoms with van der Waals surface area (Å²) in [5.74, 6) is -1.06. The zero-order chi connectivity index (χ0) is 20.7. The predicted octanol–water partition coefficient (Wildman–Crippen LogP) is 3.16. The van der Waals surface area contributed by atoms with Gasteiger partial charge in [0.05, 0.1) is 0 Å². The van der Waals surface area contributed by atoms with E-state index < -0.39 is 12.6 Å². The number of rotatable bonds is 8. The summed E-state index contributed by atoms with van der Waals surface area (Å²) in [7, 11) is 0. The van der Waals surface area contributed by atoms with E-state index in [4.69, 9.17) is 9.84 Å². The van der Waals surface area contributed by atoms with E-state index in [1.807, 2.05) is 6.92 Å². The Morgan fingerprint density at radius 1 is 0.964 bits per heavy atom. The molecule has 2 rings (SSSR count). The Morgan fingerprint density at radius 2 is 1.57 bits per heavy atom. The molecule has 0 fully saturated rings. The maximum Gasteiger partial charge on any atom is 0.341 e. The first kappa shape index (κ1) is 21.0. The van der Waals surface area contributed by atoms with Crippen molar-refractivity contribution in [3.63, 3.8) is 0 Å². The Bertz CT molecular complexity index is 852. The molecule has 0 aliphatic carbocycles. The highest BCUT2D eigenvalue weighted by atomic mass is 16.5. The fraction of sp³-hybridized carbons (Fsp3) is 0.286. The molecule has 28 heavy (non-hydrogen) atoms. The third kappa shape index (κ3) is 5.57. The largest absolute Gasteiger partial charge is 0.481 e. The summed E-state index contributed by atoms with van der Waals surface area (Å²) < 4.78 is 5.28. The molecular weight excluding hydrogens is 360 g/mol. The Morgan fingerprint density at radius 3 is 2.11 bits per heavy atom. The number of amides is 2. The monoisotopic (exact) mass is 384 g/mol. The van der Waals surface area contributed by atoms with Gasteiger partial charge in [0.2, 0.25) is 0 Å². The van der Waals surface area contributed by atoms with Crippen LogP contribution < -0.4 is 15.4 Å². The van der Waals surface area contributed by atoms with Crippen LogP contribution in [0.1, 0.15) is 45.2 Å². The summed E-state index contributed by atoms with van der Waals surface area (Å²) in [5, 5.41) is 14.3. The number of benzene rings is 2. The Balaban J connectivity index is 2.08. The molecule has 0 heterocycles. The van der Waals surface area contributed by atoms with Crippen molar-refractivity contribution in [2.75, 3.05) is 18.5 Å². The molecule has 0 spiro atoms. The topological polar surface area (TPSA) is 105 Å². The van der Waals surface area contributed by atoms with Crippen molar-refractivity contribution in [2.45, 2.75) is 27.2 Å². The molecule has 3 N–H and O–H groups in total. The number of carbonyl (C=O) groups excluding carboxylic acids is 2. The fourth-order valence-electron chi connectivity index (χ4n) is 2.69. The molecule has 2 aromatic carbocycles. The minimum Gasteiger partial charge on any atom is -0.481 e. The van der Waals surface area contributed by atoms with Gasteiger partial charge >= 0.3 is 5.97 Å². The molecule has 7 nitrogen and oxygen atoms in total. The van der Waals surface area contributed by atoms with Gasteiger partial charge in [0.15, 0.2) is 6.61 Å². The lowest BCUT2D eigenvalue weighted by atomic mass is 10.0. The van der Waals surface area contributed by atoms with Crippen molar-refractivity contribution in [3.8, 4) is 5.75 Å². The molecule has 0 aromatic heterocycles. The molecule has 0 unspecified atom stereocenters. The van der Waals surface area contributed by atoms with Gasteiger partial charge in [0.1, 0.15) is 5.75 Å².